The summed E-state index contributed by atoms with van der Waals surface area (Å²) in [6, 6.07) is 0.000766. The number of amides is 3. The molecule has 198 valence electrons. The fourth-order valence-corrected chi connectivity index (χ4v) is 4.50. The van der Waals surface area contributed by atoms with Crippen LogP contribution in [0.3, 0.4) is 0 Å². The quantitative estimate of drug-likeness (QED) is 0.191. The number of aliphatic hydroxyl groups excluding tert-OH is 1. The maximum Gasteiger partial charge on any atom is 0.319 e. The van der Waals surface area contributed by atoms with Gasteiger partial charge in [0.1, 0.15) is 23.0 Å². The van der Waals surface area contributed by atoms with E-state index in [0.717, 1.165) is 32.7 Å². The number of benzene rings is 1. The Morgan fingerprint density at radius 2 is 1.83 bits per heavy atom. The van der Waals surface area contributed by atoms with Crippen LogP contribution in [0.1, 0.15) is 22.3 Å². The minimum atomic E-state index is -1.53. The summed E-state index contributed by atoms with van der Waals surface area (Å²) in [5.41, 5.74) is 4.34. The van der Waals surface area contributed by atoms with E-state index in [1.165, 1.54) is 0 Å². The highest BCUT2D eigenvalue weighted by atomic mass is 35.5. The molecular weight excluding hydrogens is 525 g/mol. The summed E-state index contributed by atoms with van der Waals surface area (Å²) in [7, 11) is 0. The van der Waals surface area contributed by atoms with Gasteiger partial charge in [0.2, 0.25) is 5.88 Å². The molecule has 1 fully saturated rings. The van der Waals surface area contributed by atoms with Crippen molar-refractivity contribution >= 4 is 40.1 Å². The summed E-state index contributed by atoms with van der Waals surface area (Å²) in [4.78, 5) is 28.6. The van der Waals surface area contributed by atoms with Gasteiger partial charge in [-0.25, -0.2) is 18.0 Å². The number of hydrogen-bond donors (Lipinski definition) is 4. The number of piperazine rings is 1. The van der Waals surface area contributed by atoms with Gasteiger partial charge in [-0.15, -0.1) is 0 Å². The summed E-state index contributed by atoms with van der Waals surface area (Å²) in [6.45, 7) is 4.70. The summed E-state index contributed by atoms with van der Waals surface area (Å²) >= 11 is 6.09. The Bertz CT molecular complexity index is 1080. The lowest BCUT2D eigenvalue weighted by molar-refractivity contribution is 0.0996. The molecule has 1 aliphatic rings. The minimum Gasteiger partial charge on any atom is -0.471 e. The number of carbonyl (C=O) groups excluding carboxylic acids is 2. The minimum absolute atomic E-state index is 0.0155. The fraction of sp³-hybridized carbons (Fsp3) is 0.476. The number of hydrogen-bond acceptors (Lipinski definition) is 8. The maximum absolute atomic E-state index is 14.0. The van der Waals surface area contributed by atoms with Crippen LogP contribution in [0.2, 0.25) is 5.02 Å². The summed E-state index contributed by atoms with van der Waals surface area (Å²) in [5.74, 6) is -5.46. The first kappa shape index (κ1) is 27.9. The van der Waals surface area contributed by atoms with E-state index in [-0.39, 0.29) is 23.1 Å². The van der Waals surface area contributed by atoms with Gasteiger partial charge in [-0.05, 0) is 30.6 Å². The third-order valence-corrected chi connectivity index (χ3v) is 6.54. The molecule has 0 unspecified atom stereocenters. The van der Waals surface area contributed by atoms with Crippen LogP contribution < -0.4 is 21.1 Å². The number of carbonyl (C=O) groups is 2. The Balaban J connectivity index is 1.50. The van der Waals surface area contributed by atoms with E-state index in [1.54, 1.807) is 0 Å². The number of urea groups is 1. The molecule has 10 nitrogen and oxygen atoms in total. The van der Waals surface area contributed by atoms with Crippen LogP contribution in [0.25, 0.3) is 0 Å². The Labute approximate surface area is 214 Å². The zero-order chi connectivity index (χ0) is 26.2. The van der Waals surface area contributed by atoms with E-state index in [1.807, 2.05) is 0 Å². The van der Waals surface area contributed by atoms with Crippen molar-refractivity contribution in [2.45, 2.75) is 13.0 Å². The maximum atomic E-state index is 14.0. The molecule has 0 radical (unpaired) electrons. The highest BCUT2D eigenvalue weighted by Gasteiger charge is 2.24. The van der Waals surface area contributed by atoms with Crippen molar-refractivity contribution in [1.29, 1.82) is 0 Å². The Hall–Kier alpha value is -2.65. The lowest BCUT2D eigenvalue weighted by Gasteiger charge is -2.34. The number of ether oxygens (including phenoxy) is 1. The van der Waals surface area contributed by atoms with Gasteiger partial charge in [-0.2, -0.15) is 4.37 Å². The Morgan fingerprint density at radius 3 is 2.47 bits per heavy atom. The molecule has 3 amide bonds. The van der Waals surface area contributed by atoms with Crippen molar-refractivity contribution in [1.82, 2.24) is 19.5 Å². The average Bonchev–Trinajstić information content (AvgIpc) is 3.24. The van der Waals surface area contributed by atoms with Gasteiger partial charge in [0.25, 0.3) is 5.91 Å². The number of halogens is 4. The van der Waals surface area contributed by atoms with Gasteiger partial charge < -0.3 is 25.8 Å². The molecule has 0 bridgehead atoms. The molecular formula is C21H26ClF3N6O4S. The van der Waals surface area contributed by atoms with E-state index in [9.17, 15) is 22.8 Å². The van der Waals surface area contributed by atoms with Crippen molar-refractivity contribution < 1.29 is 32.6 Å². The van der Waals surface area contributed by atoms with Gasteiger partial charge >= 0.3 is 6.03 Å². The molecule has 1 aromatic heterocycles. The number of aliphatic hydroxyl groups is 1. The number of anilines is 1. The van der Waals surface area contributed by atoms with Crippen LogP contribution in [0.4, 0.5) is 23.0 Å². The zero-order valence-corrected chi connectivity index (χ0v) is 20.7. The number of nitrogens with one attached hydrogen (secondary N) is 2. The van der Waals surface area contributed by atoms with E-state index in [2.05, 4.69) is 24.8 Å². The first-order chi connectivity index (χ1) is 17.2. The fourth-order valence-electron chi connectivity index (χ4n) is 3.58. The highest BCUT2D eigenvalue weighted by Crippen LogP contribution is 2.31. The standard InChI is InChI=1S/C21H26ClF3N6O4S/c22-13-10-14(23)12(16(24)17(13)25)11-35-19-15(18(26)33)20(36-29-19)28-21(34)27-2-1-3-30-4-6-31(7-5-30)8-9-32/h10,32H,1-9,11H2,(H2,26,33)(H2,27,28,34). The second-order valence-electron chi connectivity index (χ2n) is 7.93. The monoisotopic (exact) mass is 550 g/mol. The molecule has 1 aliphatic heterocycles. The lowest BCUT2D eigenvalue weighted by atomic mass is 10.2. The summed E-state index contributed by atoms with van der Waals surface area (Å²) in [5, 5.41) is 13.4. The van der Waals surface area contributed by atoms with Crippen molar-refractivity contribution in [2.75, 3.05) is 57.7 Å². The number of β-amino-alcohol motifs (C(OH)–C–C–N with tert-alkyl or cyclic N) is 1. The third kappa shape index (κ3) is 7.20. The van der Waals surface area contributed by atoms with Crippen molar-refractivity contribution in [3.8, 4) is 5.88 Å². The predicted octanol–water partition coefficient (Wildman–Crippen LogP) is 2.01. The first-order valence-corrected chi connectivity index (χ1v) is 12.2. The normalized spacial score (nSPS) is 14.6. The lowest BCUT2D eigenvalue weighted by Crippen LogP contribution is -2.47. The van der Waals surface area contributed by atoms with E-state index in [0.29, 0.717) is 37.1 Å². The number of aromatic nitrogens is 1. The average molecular weight is 551 g/mol. The zero-order valence-electron chi connectivity index (χ0n) is 19.2. The van der Waals surface area contributed by atoms with Gasteiger partial charge in [0, 0.05) is 39.3 Å². The van der Waals surface area contributed by atoms with Gasteiger partial charge in [0.05, 0.1) is 17.2 Å². The molecule has 3 rings (SSSR count). The second-order valence-corrected chi connectivity index (χ2v) is 9.11. The van der Waals surface area contributed by atoms with Gasteiger partial charge in [-0.3, -0.25) is 15.0 Å². The topological polar surface area (TPSA) is 133 Å². The van der Waals surface area contributed by atoms with Crippen LogP contribution in [0, 0.1) is 17.5 Å². The van der Waals surface area contributed by atoms with Crippen LogP contribution in [0.15, 0.2) is 6.07 Å². The molecule has 36 heavy (non-hydrogen) atoms. The first-order valence-electron chi connectivity index (χ1n) is 11.1. The summed E-state index contributed by atoms with van der Waals surface area (Å²) in [6.07, 6.45) is 0.696. The molecule has 0 saturated carbocycles. The van der Waals surface area contributed by atoms with Crippen LogP contribution in [0.5, 0.6) is 5.88 Å². The highest BCUT2D eigenvalue weighted by molar-refractivity contribution is 7.11. The van der Waals surface area contributed by atoms with Crippen molar-refractivity contribution in [3.63, 3.8) is 0 Å². The smallest absolute Gasteiger partial charge is 0.319 e. The molecule has 0 atom stereocenters. The molecule has 15 heteroatoms. The SMILES string of the molecule is NC(=O)c1c(OCc2c(F)cc(Cl)c(F)c2F)nsc1NC(=O)NCCCN1CCN(CCO)CC1. The molecule has 2 heterocycles. The number of nitrogens with two attached hydrogens (primary N) is 1. The third-order valence-electron chi connectivity index (χ3n) is 5.51. The number of rotatable bonds is 11. The second kappa shape index (κ2) is 13.1. The Kier molecular flexibility index (Phi) is 10.1. The molecule has 0 spiro atoms. The Morgan fingerprint density at radius 1 is 1.17 bits per heavy atom. The molecule has 1 saturated heterocycles. The van der Waals surface area contributed by atoms with Gasteiger partial charge in [0.15, 0.2) is 11.6 Å². The number of primary amides is 1. The van der Waals surface area contributed by atoms with Crippen molar-refractivity contribution in [3.05, 3.63) is 39.7 Å². The predicted molar refractivity (Wildman–Crippen MR) is 128 cm³/mol. The van der Waals surface area contributed by atoms with E-state index in [4.69, 9.17) is 27.2 Å². The van der Waals surface area contributed by atoms with Crippen LogP contribution in [-0.4, -0.2) is 83.6 Å². The molecule has 2 aromatic rings. The molecule has 1 aromatic carbocycles. The molecule has 0 aliphatic carbocycles. The van der Waals surface area contributed by atoms with E-state index < -0.39 is 46.6 Å². The summed E-state index contributed by atoms with van der Waals surface area (Å²) < 4.78 is 50.7. The van der Waals surface area contributed by atoms with Crippen molar-refractivity contribution in [2.24, 2.45) is 5.73 Å². The largest absolute Gasteiger partial charge is 0.471 e. The van der Waals surface area contributed by atoms with Gasteiger partial charge in [-0.1, -0.05) is 11.6 Å². The number of nitrogens with zero attached hydrogens (tertiary/aromatic N) is 3. The van der Waals surface area contributed by atoms with Crippen LogP contribution in [-0.2, 0) is 6.61 Å². The van der Waals surface area contributed by atoms with E-state index >= 15 is 0 Å². The van der Waals surface area contributed by atoms with Crippen LogP contribution >= 0.6 is 23.1 Å². The molecule has 5 N–H and O–H groups in total.